The number of hydrogen-bond acceptors (Lipinski definition) is 3. The van der Waals surface area contributed by atoms with Crippen molar-refractivity contribution in [2.75, 3.05) is 25.9 Å². The lowest BCUT2D eigenvalue weighted by atomic mass is 10.4. The predicted molar refractivity (Wildman–Crippen MR) is 57.3 cm³/mol. The second-order valence-corrected chi connectivity index (χ2v) is 3.58. The molecule has 0 spiro atoms. The molecule has 1 amide bonds. The highest BCUT2D eigenvalue weighted by atomic mass is 35.5. The molecular weight excluding hydrogens is 253 g/mol. The van der Waals surface area contributed by atoms with Gasteiger partial charge in [-0.15, -0.1) is 12.4 Å². The van der Waals surface area contributed by atoms with E-state index in [4.69, 9.17) is 0 Å². The molecule has 0 bridgehead atoms. The van der Waals surface area contributed by atoms with Gasteiger partial charge in [0.05, 0.1) is 5.75 Å². The summed E-state index contributed by atoms with van der Waals surface area (Å²) >= 11 is -0.322. The van der Waals surface area contributed by atoms with Crippen molar-refractivity contribution in [2.45, 2.75) is 11.9 Å². The maximum atomic E-state index is 11.6. The minimum Gasteiger partial charge on any atom is -0.355 e. The Bertz CT molecular complexity index is 180. The molecule has 2 N–H and O–H groups in total. The van der Waals surface area contributed by atoms with Crippen molar-refractivity contribution in [2.24, 2.45) is 0 Å². The van der Waals surface area contributed by atoms with E-state index >= 15 is 0 Å². The lowest BCUT2D eigenvalue weighted by Crippen LogP contribution is -2.28. The van der Waals surface area contributed by atoms with Gasteiger partial charge in [0.1, 0.15) is 0 Å². The van der Waals surface area contributed by atoms with Crippen LogP contribution < -0.4 is 10.6 Å². The number of rotatable bonds is 6. The summed E-state index contributed by atoms with van der Waals surface area (Å²) in [7, 11) is 1.77. The number of carbonyl (C=O) groups excluding carboxylic acids is 1. The van der Waals surface area contributed by atoms with Gasteiger partial charge in [0.2, 0.25) is 5.91 Å². The molecule has 0 unspecified atom stereocenters. The first-order chi connectivity index (χ1) is 6.45. The zero-order valence-corrected chi connectivity index (χ0v) is 9.82. The van der Waals surface area contributed by atoms with E-state index < -0.39 is 17.2 Å². The maximum Gasteiger partial charge on any atom is 0.442 e. The molecule has 0 saturated carbocycles. The van der Waals surface area contributed by atoms with Gasteiger partial charge >= 0.3 is 5.51 Å². The van der Waals surface area contributed by atoms with Crippen LogP contribution in [0.3, 0.4) is 0 Å². The summed E-state index contributed by atoms with van der Waals surface area (Å²) < 4.78 is 34.9. The number of hydrogen-bond donors (Lipinski definition) is 2. The van der Waals surface area contributed by atoms with Crippen LogP contribution in [0.4, 0.5) is 13.2 Å². The minimum absolute atomic E-state index is 0. The highest BCUT2D eigenvalue weighted by Crippen LogP contribution is 2.29. The van der Waals surface area contributed by atoms with Crippen molar-refractivity contribution in [1.82, 2.24) is 10.6 Å². The smallest absolute Gasteiger partial charge is 0.355 e. The molecule has 0 aliphatic carbocycles. The molecule has 0 rings (SSSR count). The molecule has 0 aromatic heterocycles. The van der Waals surface area contributed by atoms with E-state index in [9.17, 15) is 18.0 Å². The van der Waals surface area contributed by atoms with E-state index in [0.717, 1.165) is 6.54 Å². The Balaban J connectivity index is 0. The van der Waals surface area contributed by atoms with Crippen molar-refractivity contribution < 1.29 is 18.0 Å². The van der Waals surface area contributed by atoms with Gasteiger partial charge in [-0.1, -0.05) is 0 Å². The second-order valence-electron chi connectivity index (χ2n) is 2.54. The van der Waals surface area contributed by atoms with Crippen molar-refractivity contribution in [3.05, 3.63) is 0 Å². The fourth-order valence-corrected chi connectivity index (χ4v) is 1.09. The van der Waals surface area contributed by atoms with Crippen molar-refractivity contribution in [1.29, 1.82) is 0 Å². The summed E-state index contributed by atoms with van der Waals surface area (Å²) in [6.45, 7) is 1.13. The zero-order chi connectivity index (χ0) is 11.0. The van der Waals surface area contributed by atoms with Crippen molar-refractivity contribution in [3.8, 4) is 0 Å². The number of carbonyl (C=O) groups is 1. The van der Waals surface area contributed by atoms with E-state index in [0.29, 0.717) is 13.0 Å². The Kier molecular flexibility index (Phi) is 10.5. The topological polar surface area (TPSA) is 41.1 Å². The summed E-state index contributed by atoms with van der Waals surface area (Å²) in [4.78, 5) is 10.8. The minimum atomic E-state index is -4.33. The Labute approximate surface area is 97.0 Å². The first-order valence-electron chi connectivity index (χ1n) is 4.07. The molecule has 0 atom stereocenters. The Morgan fingerprint density at radius 3 is 2.40 bits per heavy atom. The van der Waals surface area contributed by atoms with Crippen LogP contribution in [0, 0.1) is 0 Å². The molecule has 15 heavy (non-hydrogen) atoms. The SMILES string of the molecule is CNCCCNC(=O)CSC(F)(F)F.Cl. The third-order valence-electron chi connectivity index (χ3n) is 1.29. The zero-order valence-electron chi connectivity index (χ0n) is 8.19. The first-order valence-corrected chi connectivity index (χ1v) is 5.06. The number of nitrogens with one attached hydrogen (secondary N) is 2. The van der Waals surface area contributed by atoms with Crippen molar-refractivity contribution in [3.63, 3.8) is 0 Å². The largest absolute Gasteiger partial charge is 0.442 e. The Hall–Kier alpha value is -0.140. The lowest BCUT2D eigenvalue weighted by molar-refractivity contribution is -0.118. The van der Waals surface area contributed by atoms with E-state index in [1.54, 1.807) is 7.05 Å². The molecule has 0 radical (unpaired) electrons. The van der Waals surface area contributed by atoms with Crippen LogP contribution in [0.2, 0.25) is 0 Å². The summed E-state index contributed by atoms with van der Waals surface area (Å²) in [5.41, 5.74) is -4.33. The molecule has 3 nitrogen and oxygen atoms in total. The van der Waals surface area contributed by atoms with Crippen LogP contribution >= 0.6 is 24.2 Å². The molecule has 0 fully saturated rings. The van der Waals surface area contributed by atoms with Gasteiger partial charge in [-0.05, 0) is 31.8 Å². The standard InChI is InChI=1S/C7H13F3N2OS.ClH/c1-11-3-2-4-12-6(13)5-14-7(8,9)10;/h11H,2-5H2,1H3,(H,12,13);1H. The number of amides is 1. The molecule has 0 aromatic carbocycles. The Morgan fingerprint density at radius 2 is 1.93 bits per heavy atom. The monoisotopic (exact) mass is 266 g/mol. The highest BCUT2D eigenvalue weighted by molar-refractivity contribution is 8.00. The van der Waals surface area contributed by atoms with Crippen LogP contribution in [-0.2, 0) is 4.79 Å². The molecule has 0 heterocycles. The van der Waals surface area contributed by atoms with Gasteiger partial charge in [-0.3, -0.25) is 4.79 Å². The average molecular weight is 267 g/mol. The summed E-state index contributed by atoms with van der Waals surface area (Å²) in [6, 6.07) is 0. The van der Waals surface area contributed by atoms with Crippen LogP contribution in [0.5, 0.6) is 0 Å². The second kappa shape index (κ2) is 9.11. The molecule has 8 heteroatoms. The quantitative estimate of drug-likeness (QED) is 0.714. The molecular formula is C7H14ClF3N2OS. The van der Waals surface area contributed by atoms with E-state index in [2.05, 4.69) is 10.6 Å². The van der Waals surface area contributed by atoms with Gasteiger partial charge in [-0.2, -0.15) is 13.2 Å². The van der Waals surface area contributed by atoms with Gasteiger partial charge < -0.3 is 10.6 Å². The maximum absolute atomic E-state index is 11.6. The highest BCUT2D eigenvalue weighted by Gasteiger charge is 2.28. The molecule has 0 aliphatic rings. The first kappa shape index (κ1) is 17.3. The van der Waals surface area contributed by atoms with Gasteiger partial charge in [0.15, 0.2) is 0 Å². The average Bonchev–Trinajstić information content (AvgIpc) is 2.08. The van der Waals surface area contributed by atoms with E-state index in [1.165, 1.54) is 0 Å². The number of halogens is 4. The van der Waals surface area contributed by atoms with Gasteiger partial charge in [0.25, 0.3) is 0 Å². The van der Waals surface area contributed by atoms with Crippen LogP contribution in [0.1, 0.15) is 6.42 Å². The Morgan fingerprint density at radius 1 is 1.33 bits per heavy atom. The molecule has 0 aliphatic heterocycles. The summed E-state index contributed by atoms with van der Waals surface area (Å²) in [6.07, 6.45) is 0.707. The van der Waals surface area contributed by atoms with Crippen LogP contribution in [-0.4, -0.2) is 37.3 Å². The fourth-order valence-electron chi connectivity index (χ4n) is 0.691. The predicted octanol–water partition coefficient (Wildman–Crippen LogP) is 1.39. The van der Waals surface area contributed by atoms with Crippen molar-refractivity contribution >= 4 is 30.1 Å². The third-order valence-corrected chi connectivity index (χ3v) is 2.03. The fraction of sp³-hybridized carbons (Fsp3) is 0.857. The number of thioether (sulfide) groups is 1. The van der Waals surface area contributed by atoms with E-state index in [1.807, 2.05) is 0 Å². The normalized spacial score (nSPS) is 10.7. The molecule has 92 valence electrons. The summed E-state index contributed by atoms with van der Waals surface area (Å²) in [5, 5.41) is 5.25. The summed E-state index contributed by atoms with van der Waals surface area (Å²) in [5.74, 6) is -1.15. The van der Waals surface area contributed by atoms with Crippen LogP contribution in [0.15, 0.2) is 0 Å². The van der Waals surface area contributed by atoms with Crippen LogP contribution in [0.25, 0.3) is 0 Å². The van der Waals surface area contributed by atoms with Gasteiger partial charge in [-0.25, -0.2) is 0 Å². The molecule has 0 saturated heterocycles. The third kappa shape index (κ3) is 13.9. The molecule has 0 aromatic rings. The van der Waals surface area contributed by atoms with E-state index in [-0.39, 0.29) is 24.2 Å². The number of alkyl halides is 3. The van der Waals surface area contributed by atoms with Gasteiger partial charge in [0, 0.05) is 6.54 Å². The lowest BCUT2D eigenvalue weighted by Gasteiger charge is -2.06.